The smallest absolute Gasteiger partial charge is 0.198 e. The molecule has 4 nitrogen and oxygen atoms in total. The zero-order chi connectivity index (χ0) is 15.1. The lowest BCUT2D eigenvalue weighted by Gasteiger charge is -2.19. The number of hydrogen-bond acceptors (Lipinski definition) is 4. The van der Waals surface area contributed by atoms with Crippen LogP contribution in [0.2, 0.25) is 5.02 Å². The van der Waals surface area contributed by atoms with E-state index in [1.165, 1.54) is 0 Å². The van der Waals surface area contributed by atoms with Gasteiger partial charge in [-0.2, -0.15) is 0 Å². The van der Waals surface area contributed by atoms with E-state index in [1.807, 2.05) is 13.8 Å². The van der Waals surface area contributed by atoms with Crippen molar-refractivity contribution in [2.24, 2.45) is 0 Å². The van der Waals surface area contributed by atoms with Crippen molar-refractivity contribution >= 4 is 17.4 Å². The first-order valence-electron chi connectivity index (χ1n) is 6.69. The summed E-state index contributed by atoms with van der Waals surface area (Å²) in [6.45, 7) is 6.43. The minimum absolute atomic E-state index is 0.163. The number of carbonyl (C=O) groups excluding carboxylic acids is 1. The lowest BCUT2D eigenvalue weighted by Crippen LogP contribution is -2.16. The molecule has 21 heavy (non-hydrogen) atoms. The molecular formula is C16H15ClO4. The average Bonchev–Trinajstić information content (AvgIpc) is 2.70. The maximum absolute atomic E-state index is 12.8. The van der Waals surface area contributed by atoms with Crippen LogP contribution in [0, 0.1) is 20.8 Å². The molecule has 0 radical (unpaired) electrons. The van der Waals surface area contributed by atoms with E-state index in [4.69, 9.17) is 25.5 Å². The molecule has 110 valence electrons. The summed E-state index contributed by atoms with van der Waals surface area (Å²) < 4.78 is 16.5. The van der Waals surface area contributed by atoms with Crippen LogP contribution in [0.3, 0.4) is 0 Å². The average molecular weight is 307 g/mol. The fourth-order valence-electron chi connectivity index (χ4n) is 2.50. The molecule has 0 atom stereocenters. The normalized spacial score (nSPS) is 13.3. The third-order valence-electron chi connectivity index (χ3n) is 3.66. The van der Waals surface area contributed by atoms with Crippen molar-refractivity contribution in [3.8, 4) is 11.5 Å². The summed E-state index contributed by atoms with van der Waals surface area (Å²) in [6, 6.07) is 3.27. The Morgan fingerprint density at radius 2 is 1.67 bits per heavy atom. The summed E-state index contributed by atoms with van der Waals surface area (Å²) in [7, 11) is 0. The predicted molar refractivity (Wildman–Crippen MR) is 78.8 cm³/mol. The molecule has 0 spiro atoms. The minimum atomic E-state index is -0.163. The Balaban J connectivity index is 2.09. The Hall–Kier alpha value is -1.94. The fourth-order valence-corrected chi connectivity index (χ4v) is 2.74. The highest BCUT2D eigenvalue weighted by atomic mass is 35.5. The number of halogens is 1. The summed E-state index contributed by atoms with van der Waals surface area (Å²) in [5, 5.41) is 0.349. The van der Waals surface area contributed by atoms with Crippen LogP contribution in [0.25, 0.3) is 0 Å². The summed E-state index contributed by atoms with van der Waals surface area (Å²) in [4.78, 5) is 12.8. The second-order valence-corrected chi connectivity index (χ2v) is 5.43. The lowest BCUT2D eigenvalue weighted by atomic mass is 9.99. The predicted octanol–water partition coefficient (Wildman–Crippen LogP) is 3.86. The number of fused-ring (bicyclic) bond motifs is 1. The molecule has 0 N–H and O–H groups in total. The standard InChI is InChI=1S/C16H15ClO4/c1-8-9(2)21-10(3)15(8)16(18)11-6-13-14(7-12(11)17)20-5-4-19-13/h6-7H,4-5H2,1-3H3. The highest BCUT2D eigenvalue weighted by Crippen LogP contribution is 2.37. The fraction of sp³-hybridized carbons (Fsp3) is 0.312. The molecule has 2 heterocycles. The second kappa shape index (κ2) is 5.11. The van der Waals surface area contributed by atoms with E-state index in [1.54, 1.807) is 19.1 Å². The van der Waals surface area contributed by atoms with Gasteiger partial charge in [-0.25, -0.2) is 0 Å². The zero-order valence-electron chi connectivity index (χ0n) is 12.1. The molecule has 5 heteroatoms. The molecule has 0 bridgehead atoms. The molecule has 1 aliphatic rings. The first-order chi connectivity index (χ1) is 9.99. The zero-order valence-corrected chi connectivity index (χ0v) is 12.8. The van der Waals surface area contributed by atoms with Gasteiger partial charge in [0.15, 0.2) is 17.3 Å². The number of furan rings is 1. The lowest BCUT2D eigenvalue weighted by molar-refractivity contribution is 0.103. The monoisotopic (exact) mass is 306 g/mol. The van der Waals surface area contributed by atoms with E-state index in [0.29, 0.717) is 46.6 Å². The number of ether oxygens (including phenoxy) is 2. The van der Waals surface area contributed by atoms with Gasteiger partial charge < -0.3 is 13.9 Å². The van der Waals surface area contributed by atoms with Gasteiger partial charge in [-0.05, 0) is 26.8 Å². The molecule has 2 aromatic rings. The molecule has 1 aromatic heterocycles. The summed E-state index contributed by atoms with van der Waals surface area (Å²) in [6.07, 6.45) is 0. The van der Waals surface area contributed by atoms with Gasteiger partial charge in [0.1, 0.15) is 24.7 Å². The van der Waals surface area contributed by atoms with Crippen molar-refractivity contribution in [2.45, 2.75) is 20.8 Å². The van der Waals surface area contributed by atoms with Crippen LogP contribution in [0.4, 0.5) is 0 Å². The van der Waals surface area contributed by atoms with E-state index >= 15 is 0 Å². The number of rotatable bonds is 2. The third-order valence-corrected chi connectivity index (χ3v) is 3.98. The van der Waals surface area contributed by atoms with Crippen LogP contribution >= 0.6 is 11.6 Å². The first-order valence-corrected chi connectivity index (χ1v) is 7.07. The Bertz CT molecular complexity index is 730. The van der Waals surface area contributed by atoms with Crippen molar-refractivity contribution < 1.29 is 18.7 Å². The molecule has 0 aliphatic carbocycles. The quantitative estimate of drug-likeness (QED) is 0.791. The largest absolute Gasteiger partial charge is 0.486 e. The summed E-state index contributed by atoms with van der Waals surface area (Å²) in [5.74, 6) is 2.29. The van der Waals surface area contributed by atoms with Gasteiger partial charge in [0, 0.05) is 17.2 Å². The van der Waals surface area contributed by atoms with Crippen LogP contribution in [0.15, 0.2) is 16.5 Å². The van der Waals surface area contributed by atoms with Gasteiger partial charge in [-0.15, -0.1) is 0 Å². The summed E-state index contributed by atoms with van der Waals surface area (Å²) in [5.41, 5.74) is 1.79. The molecule has 0 unspecified atom stereocenters. The molecule has 0 saturated heterocycles. The third kappa shape index (κ3) is 2.29. The molecule has 3 rings (SSSR count). The highest BCUT2D eigenvalue weighted by molar-refractivity contribution is 6.35. The number of aryl methyl sites for hydroxylation is 2. The van der Waals surface area contributed by atoms with Gasteiger partial charge in [-0.1, -0.05) is 11.6 Å². The van der Waals surface area contributed by atoms with Crippen LogP contribution in [-0.4, -0.2) is 19.0 Å². The van der Waals surface area contributed by atoms with Gasteiger partial charge in [-0.3, -0.25) is 4.79 Å². The Kier molecular flexibility index (Phi) is 3.41. The van der Waals surface area contributed by atoms with Crippen LogP contribution < -0.4 is 9.47 Å². The first kappa shape index (κ1) is 14.0. The van der Waals surface area contributed by atoms with E-state index in [-0.39, 0.29) is 5.78 Å². The van der Waals surface area contributed by atoms with E-state index < -0.39 is 0 Å². The van der Waals surface area contributed by atoms with Gasteiger partial charge >= 0.3 is 0 Å². The second-order valence-electron chi connectivity index (χ2n) is 5.02. The molecule has 1 aromatic carbocycles. The number of ketones is 1. The van der Waals surface area contributed by atoms with Gasteiger partial charge in [0.2, 0.25) is 0 Å². The van der Waals surface area contributed by atoms with Crippen molar-refractivity contribution in [2.75, 3.05) is 13.2 Å². The molecular weight excluding hydrogens is 292 g/mol. The van der Waals surface area contributed by atoms with Crippen LogP contribution in [0.5, 0.6) is 11.5 Å². The number of hydrogen-bond donors (Lipinski definition) is 0. The highest BCUT2D eigenvalue weighted by Gasteiger charge is 2.24. The number of carbonyl (C=O) groups is 1. The topological polar surface area (TPSA) is 48.7 Å². The molecule has 0 fully saturated rings. The molecule has 1 aliphatic heterocycles. The van der Waals surface area contributed by atoms with E-state index in [2.05, 4.69) is 0 Å². The SMILES string of the molecule is Cc1oc(C)c(C(=O)c2cc3c(cc2Cl)OCCO3)c1C. The van der Waals surface area contributed by atoms with Crippen molar-refractivity contribution in [1.29, 1.82) is 0 Å². The Morgan fingerprint density at radius 3 is 2.24 bits per heavy atom. The Labute approximate surface area is 127 Å². The van der Waals surface area contributed by atoms with E-state index in [0.717, 1.165) is 11.3 Å². The minimum Gasteiger partial charge on any atom is -0.486 e. The maximum atomic E-state index is 12.8. The van der Waals surface area contributed by atoms with Crippen molar-refractivity contribution in [1.82, 2.24) is 0 Å². The number of benzene rings is 1. The molecule has 0 saturated carbocycles. The maximum Gasteiger partial charge on any atom is 0.198 e. The molecule has 0 amide bonds. The van der Waals surface area contributed by atoms with Gasteiger partial charge in [0.25, 0.3) is 0 Å². The van der Waals surface area contributed by atoms with Crippen LogP contribution in [-0.2, 0) is 0 Å². The van der Waals surface area contributed by atoms with Gasteiger partial charge in [0.05, 0.1) is 10.6 Å². The van der Waals surface area contributed by atoms with Crippen LogP contribution in [0.1, 0.15) is 33.0 Å². The van der Waals surface area contributed by atoms with Crippen molar-refractivity contribution in [3.63, 3.8) is 0 Å². The summed E-state index contributed by atoms with van der Waals surface area (Å²) >= 11 is 6.23. The van der Waals surface area contributed by atoms with E-state index in [9.17, 15) is 4.79 Å². The van der Waals surface area contributed by atoms with Crippen molar-refractivity contribution in [3.05, 3.63) is 45.4 Å². The Morgan fingerprint density at radius 1 is 1.05 bits per heavy atom.